The van der Waals surface area contributed by atoms with Crippen LogP contribution in [0.4, 0.5) is 0 Å². The summed E-state index contributed by atoms with van der Waals surface area (Å²) in [5, 5.41) is 0. The van der Waals surface area contributed by atoms with E-state index in [0.29, 0.717) is 12.2 Å². The molecule has 4 rings (SSSR count). The van der Waals surface area contributed by atoms with Crippen molar-refractivity contribution in [2.24, 2.45) is 10.7 Å². The fraction of sp³-hybridized carbons (Fsp3) is 0.552. The van der Waals surface area contributed by atoms with Gasteiger partial charge in [0.25, 0.3) is 0 Å². The van der Waals surface area contributed by atoms with Gasteiger partial charge in [0.15, 0.2) is 5.78 Å². The fourth-order valence-corrected chi connectivity index (χ4v) is 5.38. The number of nitrogens with zero attached hydrogens (tertiary/aromatic N) is 5. The van der Waals surface area contributed by atoms with Crippen LogP contribution in [0.15, 0.2) is 41.2 Å². The Morgan fingerprint density at radius 1 is 1.03 bits per heavy atom. The van der Waals surface area contributed by atoms with E-state index >= 15 is 0 Å². The average molecular weight is 506 g/mol. The van der Waals surface area contributed by atoms with Crippen molar-refractivity contribution in [2.75, 3.05) is 46.3 Å². The van der Waals surface area contributed by atoms with Gasteiger partial charge >= 0.3 is 0 Å². The van der Waals surface area contributed by atoms with Gasteiger partial charge in [-0.1, -0.05) is 26.0 Å². The molecule has 37 heavy (non-hydrogen) atoms. The Bertz CT molecular complexity index is 1100. The quantitative estimate of drug-likeness (QED) is 0.357. The van der Waals surface area contributed by atoms with E-state index in [1.807, 2.05) is 12.3 Å². The number of rotatable bonds is 15. The first-order valence-corrected chi connectivity index (χ1v) is 13.8. The topological polar surface area (TPSA) is 93.8 Å². The number of carbonyl (C=O) groups is 1. The minimum absolute atomic E-state index is 0.104. The molecule has 0 unspecified atom stereocenters. The monoisotopic (exact) mass is 505 g/mol. The summed E-state index contributed by atoms with van der Waals surface area (Å²) < 4.78 is 0. The summed E-state index contributed by atoms with van der Waals surface area (Å²) in [6, 6.07) is 6.13. The summed E-state index contributed by atoms with van der Waals surface area (Å²) in [5.41, 5.74) is 10.8. The summed E-state index contributed by atoms with van der Waals surface area (Å²) in [6.07, 6.45) is 8.82. The number of aromatic amines is 1. The van der Waals surface area contributed by atoms with Crippen LogP contribution in [-0.4, -0.2) is 82.6 Å². The number of hydrogen-bond donors (Lipinski definition) is 2. The van der Waals surface area contributed by atoms with Crippen LogP contribution >= 0.6 is 0 Å². The molecule has 1 aliphatic carbocycles. The lowest BCUT2D eigenvalue weighted by Gasteiger charge is -2.24. The number of imidazole rings is 1. The van der Waals surface area contributed by atoms with Crippen molar-refractivity contribution in [3.05, 3.63) is 58.7 Å². The molecule has 3 N–H and O–H groups in total. The molecule has 0 saturated heterocycles. The molecular formula is C29H43N7O. The van der Waals surface area contributed by atoms with Crippen molar-refractivity contribution in [2.45, 2.75) is 59.0 Å². The van der Waals surface area contributed by atoms with Crippen LogP contribution in [-0.2, 0) is 13.1 Å². The van der Waals surface area contributed by atoms with Gasteiger partial charge in [0.05, 0.1) is 19.6 Å². The predicted molar refractivity (Wildman–Crippen MR) is 150 cm³/mol. The highest BCUT2D eigenvalue weighted by Gasteiger charge is 2.28. The molecule has 2 heterocycles. The maximum Gasteiger partial charge on any atom is 0.191 e. The molecule has 1 aliphatic heterocycles. The molecule has 200 valence electrons. The van der Waals surface area contributed by atoms with Crippen molar-refractivity contribution in [3.63, 3.8) is 0 Å². The Morgan fingerprint density at radius 2 is 1.84 bits per heavy atom. The minimum atomic E-state index is 0.104. The Morgan fingerprint density at radius 3 is 2.51 bits per heavy atom. The molecule has 0 saturated carbocycles. The number of aromatic nitrogens is 2. The Balaban J connectivity index is 1.42. The van der Waals surface area contributed by atoms with Crippen molar-refractivity contribution in [3.8, 4) is 0 Å². The smallest absolute Gasteiger partial charge is 0.191 e. The number of carbonyl (C=O) groups excluding carboxylic acids is 1. The number of fused-ring (bicyclic) bond motifs is 1. The van der Waals surface area contributed by atoms with E-state index < -0.39 is 0 Å². The number of H-pyrrole nitrogens is 1. The number of likely N-dealkylation sites (N-methyl/N-ethyl adjacent to an activating group) is 1. The number of allylic oxidation sites excluding steroid dienone is 1. The second-order valence-corrected chi connectivity index (χ2v) is 10.3. The van der Waals surface area contributed by atoms with Gasteiger partial charge < -0.3 is 20.5 Å². The molecule has 2 aliphatic rings. The lowest BCUT2D eigenvalue weighted by atomic mass is 10.0. The van der Waals surface area contributed by atoms with Crippen molar-refractivity contribution < 1.29 is 4.79 Å². The van der Waals surface area contributed by atoms with Crippen LogP contribution in [0, 0.1) is 0 Å². The van der Waals surface area contributed by atoms with E-state index in [9.17, 15) is 4.79 Å². The molecule has 0 fully saturated rings. The Hall–Kier alpha value is -2.97. The fourth-order valence-electron chi connectivity index (χ4n) is 5.38. The third-order valence-electron chi connectivity index (χ3n) is 7.32. The maximum absolute atomic E-state index is 13.2. The first-order chi connectivity index (χ1) is 18.0. The number of unbranched alkanes of at least 4 members (excludes halogenated alkanes) is 1. The highest BCUT2D eigenvalue weighted by Crippen LogP contribution is 2.33. The molecule has 0 bridgehead atoms. The number of aliphatic imine (C=N–C) groups is 1. The number of ketones is 1. The Kier molecular flexibility index (Phi) is 9.52. The summed E-state index contributed by atoms with van der Waals surface area (Å²) >= 11 is 0. The minimum Gasteiger partial charge on any atom is -0.398 e. The van der Waals surface area contributed by atoms with Gasteiger partial charge in [-0.05, 0) is 63.4 Å². The van der Waals surface area contributed by atoms with Gasteiger partial charge in [-0.25, -0.2) is 4.98 Å². The van der Waals surface area contributed by atoms with Gasteiger partial charge in [-0.2, -0.15) is 0 Å². The number of benzene rings is 1. The van der Waals surface area contributed by atoms with Gasteiger partial charge in [0.2, 0.25) is 0 Å². The second-order valence-electron chi connectivity index (χ2n) is 10.3. The zero-order valence-corrected chi connectivity index (χ0v) is 22.8. The highest BCUT2D eigenvalue weighted by molar-refractivity contribution is 6.20. The van der Waals surface area contributed by atoms with Gasteiger partial charge in [0.1, 0.15) is 11.7 Å². The summed E-state index contributed by atoms with van der Waals surface area (Å²) in [7, 11) is 2.09. The lowest BCUT2D eigenvalue weighted by molar-refractivity contribution is 0.103. The number of amidine groups is 1. The largest absolute Gasteiger partial charge is 0.398 e. The first-order valence-electron chi connectivity index (χ1n) is 13.8. The molecular weight excluding hydrogens is 462 g/mol. The van der Waals surface area contributed by atoms with E-state index in [1.165, 1.54) is 12.8 Å². The summed E-state index contributed by atoms with van der Waals surface area (Å²) in [6.45, 7) is 11.8. The van der Waals surface area contributed by atoms with Gasteiger partial charge in [-0.3, -0.25) is 14.7 Å². The standard InChI is InChI=1S/C29H43N7O/c1-4-14-35(15-5-2)16-7-6-8-24-28(30)25-18-22(9-10-23(25)29(24)37)19-36(20-26-31-11-12-32-26)21-27-33-13-17-34(27)3/h9-12,18H,4-8,13-17,19-21,30H2,1-3H3,(H,31,32). The molecule has 0 radical (unpaired) electrons. The SMILES string of the molecule is CCCN(CCC)CCCCC1=C(N)c2cc(CN(CC3=NCCN3C)Cc3ncc[nH]3)ccc2C1=O. The van der Waals surface area contributed by atoms with Crippen molar-refractivity contribution >= 4 is 17.3 Å². The third-order valence-corrected chi connectivity index (χ3v) is 7.32. The van der Waals surface area contributed by atoms with Crippen LogP contribution in [0.1, 0.15) is 73.3 Å². The van der Waals surface area contributed by atoms with Crippen molar-refractivity contribution in [1.29, 1.82) is 0 Å². The van der Waals surface area contributed by atoms with E-state index in [0.717, 1.165) is 99.0 Å². The van der Waals surface area contributed by atoms with E-state index in [1.54, 1.807) is 6.20 Å². The molecule has 1 aromatic carbocycles. The first kappa shape index (κ1) is 27.1. The maximum atomic E-state index is 13.2. The highest BCUT2D eigenvalue weighted by atomic mass is 16.1. The summed E-state index contributed by atoms with van der Waals surface area (Å²) in [5.74, 6) is 2.13. The van der Waals surface area contributed by atoms with Crippen LogP contribution in [0.25, 0.3) is 5.70 Å². The molecule has 2 aromatic rings. The number of Topliss-reactive ketones (excluding diaryl/α,β-unsaturated/α-hetero) is 1. The number of hydrogen-bond acceptors (Lipinski definition) is 7. The second kappa shape index (κ2) is 13.0. The number of nitrogens with one attached hydrogen (secondary N) is 1. The zero-order valence-electron chi connectivity index (χ0n) is 22.8. The van der Waals surface area contributed by atoms with E-state index in [2.05, 4.69) is 62.7 Å². The van der Waals surface area contributed by atoms with Crippen LogP contribution in [0.5, 0.6) is 0 Å². The van der Waals surface area contributed by atoms with E-state index in [-0.39, 0.29) is 5.78 Å². The molecule has 0 amide bonds. The normalized spacial score (nSPS) is 15.4. The molecule has 1 aromatic heterocycles. The Labute approximate surface area is 221 Å². The molecule has 0 spiro atoms. The van der Waals surface area contributed by atoms with Crippen molar-refractivity contribution in [1.82, 2.24) is 24.7 Å². The van der Waals surface area contributed by atoms with Crippen LogP contribution in [0.2, 0.25) is 0 Å². The van der Waals surface area contributed by atoms with Gasteiger partial charge in [0, 0.05) is 54.9 Å². The zero-order chi connectivity index (χ0) is 26.2. The van der Waals surface area contributed by atoms with Crippen LogP contribution in [0.3, 0.4) is 0 Å². The average Bonchev–Trinajstić information content (AvgIpc) is 3.59. The van der Waals surface area contributed by atoms with E-state index in [4.69, 9.17) is 5.73 Å². The summed E-state index contributed by atoms with van der Waals surface area (Å²) in [4.78, 5) is 32.5. The van der Waals surface area contributed by atoms with Crippen LogP contribution < -0.4 is 5.73 Å². The predicted octanol–water partition coefficient (Wildman–Crippen LogP) is 3.91. The van der Waals surface area contributed by atoms with Gasteiger partial charge in [-0.15, -0.1) is 0 Å². The number of nitrogens with two attached hydrogens (primary N) is 1. The molecule has 8 nitrogen and oxygen atoms in total. The molecule has 0 atom stereocenters. The molecule has 8 heteroatoms. The third kappa shape index (κ3) is 6.87. The lowest BCUT2D eigenvalue weighted by Crippen LogP contribution is -2.36.